The van der Waals surface area contributed by atoms with Gasteiger partial charge in [-0.15, -0.1) is 0 Å². The van der Waals surface area contributed by atoms with E-state index in [1.807, 2.05) is 6.92 Å². The van der Waals surface area contributed by atoms with E-state index in [4.69, 9.17) is 9.47 Å². The van der Waals surface area contributed by atoms with Crippen molar-refractivity contribution in [1.29, 1.82) is 0 Å². The van der Waals surface area contributed by atoms with Crippen LogP contribution in [0.3, 0.4) is 0 Å². The van der Waals surface area contributed by atoms with E-state index in [2.05, 4.69) is 20.3 Å². The van der Waals surface area contributed by atoms with Gasteiger partial charge in [-0.3, -0.25) is 9.36 Å². The lowest BCUT2D eigenvalue weighted by atomic mass is 10.1. The van der Waals surface area contributed by atoms with Gasteiger partial charge in [0.2, 0.25) is 5.95 Å². The molecule has 0 unspecified atom stereocenters. The first-order valence-corrected chi connectivity index (χ1v) is 7.48. The highest BCUT2D eigenvalue weighted by Crippen LogP contribution is 2.31. The maximum absolute atomic E-state index is 12.5. The monoisotopic (exact) mass is 339 g/mol. The lowest BCUT2D eigenvalue weighted by Gasteiger charge is -2.12. The number of aryl methyl sites for hydroxylation is 1. The Morgan fingerprint density at radius 1 is 1.12 bits per heavy atom. The van der Waals surface area contributed by atoms with E-state index >= 15 is 0 Å². The largest absolute Gasteiger partial charge is 0.493 e. The van der Waals surface area contributed by atoms with Gasteiger partial charge in [0.15, 0.2) is 11.5 Å². The number of hydrogen-bond acceptors (Lipinski definition) is 6. The average molecular weight is 339 g/mol. The molecule has 8 heteroatoms. The number of benzene rings is 1. The fourth-order valence-electron chi connectivity index (χ4n) is 2.36. The molecule has 25 heavy (non-hydrogen) atoms. The third kappa shape index (κ3) is 3.27. The zero-order valence-electron chi connectivity index (χ0n) is 14.1. The van der Waals surface area contributed by atoms with Crippen LogP contribution in [0.1, 0.15) is 16.2 Å². The van der Waals surface area contributed by atoms with Crippen LogP contribution in [-0.4, -0.2) is 39.6 Å². The average Bonchev–Trinajstić information content (AvgIpc) is 3.07. The first-order valence-electron chi connectivity index (χ1n) is 7.48. The Labute approximate surface area is 144 Å². The molecule has 1 amide bonds. The quantitative estimate of drug-likeness (QED) is 0.766. The molecule has 0 aliphatic heterocycles. The Balaban J connectivity index is 1.81. The van der Waals surface area contributed by atoms with Crippen LogP contribution in [0.4, 0.5) is 5.69 Å². The second kappa shape index (κ2) is 7.00. The third-order valence-electron chi connectivity index (χ3n) is 3.58. The number of ether oxygens (including phenoxy) is 2. The lowest BCUT2D eigenvalue weighted by molar-refractivity contribution is 0.102. The van der Waals surface area contributed by atoms with Gasteiger partial charge < -0.3 is 14.8 Å². The summed E-state index contributed by atoms with van der Waals surface area (Å²) in [6, 6.07) is 5.10. The third-order valence-corrected chi connectivity index (χ3v) is 3.58. The summed E-state index contributed by atoms with van der Waals surface area (Å²) in [5.41, 5.74) is 0.827. The fourth-order valence-corrected chi connectivity index (χ4v) is 2.36. The van der Waals surface area contributed by atoms with Crippen LogP contribution in [0.5, 0.6) is 11.5 Å². The molecule has 8 nitrogen and oxygen atoms in total. The van der Waals surface area contributed by atoms with Gasteiger partial charge in [0.1, 0.15) is 5.82 Å². The molecule has 1 aromatic carbocycles. The van der Waals surface area contributed by atoms with E-state index in [-0.39, 0.29) is 5.91 Å². The molecule has 0 fully saturated rings. The lowest BCUT2D eigenvalue weighted by Crippen LogP contribution is -2.14. The molecule has 1 N–H and O–H groups in total. The Hall–Kier alpha value is -3.42. The van der Waals surface area contributed by atoms with Crippen LogP contribution >= 0.6 is 0 Å². The van der Waals surface area contributed by atoms with E-state index in [9.17, 15) is 4.79 Å². The number of aromatic nitrogens is 4. The maximum atomic E-state index is 12.5. The minimum Gasteiger partial charge on any atom is -0.493 e. The van der Waals surface area contributed by atoms with Crippen LogP contribution in [0.25, 0.3) is 5.95 Å². The highest BCUT2D eigenvalue weighted by Gasteiger charge is 2.16. The van der Waals surface area contributed by atoms with Crippen LogP contribution in [0.2, 0.25) is 0 Å². The van der Waals surface area contributed by atoms with Crippen LogP contribution in [-0.2, 0) is 0 Å². The Morgan fingerprint density at radius 3 is 2.48 bits per heavy atom. The second-order valence-corrected chi connectivity index (χ2v) is 5.11. The SMILES string of the molecule is COc1cccc(C(=O)Nc2cnc(-n3ccnc3C)nc2)c1OC. The van der Waals surface area contributed by atoms with E-state index in [1.54, 1.807) is 35.2 Å². The normalized spacial score (nSPS) is 10.4. The number of carbonyl (C=O) groups excluding carboxylic acids is 1. The Morgan fingerprint density at radius 2 is 1.88 bits per heavy atom. The smallest absolute Gasteiger partial charge is 0.259 e. The van der Waals surface area contributed by atoms with Gasteiger partial charge in [-0.1, -0.05) is 6.07 Å². The molecule has 0 aliphatic carbocycles. The summed E-state index contributed by atoms with van der Waals surface area (Å²) >= 11 is 0. The summed E-state index contributed by atoms with van der Waals surface area (Å²) in [4.78, 5) is 25.1. The number of imidazole rings is 1. The maximum Gasteiger partial charge on any atom is 0.259 e. The van der Waals surface area contributed by atoms with Crippen LogP contribution in [0.15, 0.2) is 43.0 Å². The predicted molar refractivity (Wildman–Crippen MR) is 91.4 cm³/mol. The van der Waals surface area contributed by atoms with Crippen molar-refractivity contribution in [3.63, 3.8) is 0 Å². The molecule has 0 saturated carbocycles. The summed E-state index contributed by atoms with van der Waals surface area (Å²) in [6.07, 6.45) is 6.51. The highest BCUT2D eigenvalue weighted by molar-refractivity contribution is 6.06. The first kappa shape index (κ1) is 16.4. The van der Waals surface area contributed by atoms with Gasteiger partial charge in [0.25, 0.3) is 5.91 Å². The number of hydrogen-bond donors (Lipinski definition) is 1. The molecule has 0 saturated heterocycles. The van der Waals surface area contributed by atoms with Crippen molar-refractivity contribution in [2.24, 2.45) is 0 Å². The molecule has 0 atom stereocenters. The predicted octanol–water partition coefficient (Wildman–Crippen LogP) is 2.24. The molecule has 0 spiro atoms. The minimum atomic E-state index is -0.342. The Kier molecular flexibility index (Phi) is 4.60. The fraction of sp³-hybridized carbons (Fsp3) is 0.176. The van der Waals surface area contributed by atoms with Crippen LogP contribution in [0, 0.1) is 6.92 Å². The zero-order valence-corrected chi connectivity index (χ0v) is 14.1. The molecular formula is C17H17N5O3. The number of methoxy groups -OCH3 is 2. The van der Waals surface area contributed by atoms with Crippen molar-refractivity contribution in [3.8, 4) is 17.4 Å². The molecule has 0 radical (unpaired) electrons. The van der Waals surface area contributed by atoms with Crippen molar-refractivity contribution >= 4 is 11.6 Å². The summed E-state index contributed by atoms with van der Waals surface area (Å²) in [5, 5.41) is 2.75. The molecule has 0 aliphatic rings. The van der Waals surface area contributed by atoms with Crippen molar-refractivity contribution in [2.45, 2.75) is 6.92 Å². The van der Waals surface area contributed by atoms with Gasteiger partial charge in [-0.2, -0.15) is 0 Å². The number of rotatable bonds is 5. The molecule has 3 rings (SSSR count). The summed E-state index contributed by atoms with van der Waals surface area (Å²) in [6.45, 7) is 1.86. The Bertz CT molecular complexity index is 890. The number of anilines is 1. The molecule has 128 valence electrons. The van der Waals surface area contributed by atoms with Crippen LogP contribution < -0.4 is 14.8 Å². The minimum absolute atomic E-state index is 0.342. The van der Waals surface area contributed by atoms with Crippen molar-refractivity contribution < 1.29 is 14.3 Å². The van der Waals surface area contributed by atoms with E-state index < -0.39 is 0 Å². The van der Waals surface area contributed by atoms with Gasteiger partial charge in [-0.05, 0) is 19.1 Å². The number of carbonyl (C=O) groups is 1. The van der Waals surface area contributed by atoms with Gasteiger partial charge in [0.05, 0.1) is 37.9 Å². The van der Waals surface area contributed by atoms with Crippen molar-refractivity contribution in [2.75, 3.05) is 19.5 Å². The van der Waals surface area contributed by atoms with E-state index in [0.29, 0.717) is 28.7 Å². The number of para-hydroxylation sites is 1. The number of nitrogens with zero attached hydrogens (tertiary/aromatic N) is 4. The molecule has 0 bridgehead atoms. The number of nitrogens with one attached hydrogen (secondary N) is 1. The molecular weight excluding hydrogens is 322 g/mol. The highest BCUT2D eigenvalue weighted by atomic mass is 16.5. The topological polar surface area (TPSA) is 91.2 Å². The van der Waals surface area contributed by atoms with Crippen molar-refractivity contribution in [1.82, 2.24) is 19.5 Å². The van der Waals surface area contributed by atoms with Gasteiger partial charge in [0, 0.05) is 12.4 Å². The summed E-state index contributed by atoms with van der Waals surface area (Å²) < 4.78 is 12.2. The molecule has 3 aromatic rings. The molecule has 2 aromatic heterocycles. The van der Waals surface area contributed by atoms with E-state index in [1.165, 1.54) is 26.6 Å². The first-order chi connectivity index (χ1) is 12.1. The second-order valence-electron chi connectivity index (χ2n) is 5.11. The number of amides is 1. The summed E-state index contributed by atoms with van der Waals surface area (Å²) in [5.74, 6) is 1.77. The van der Waals surface area contributed by atoms with Gasteiger partial charge in [-0.25, -0.2) is 15.0 Å². The standard InChI is InChI=1S/C17H17N5O3/c1-11-18-7-8-22(11)17-19-9-12(10-20-17)21-16(23)13-5-4-6-14(24-2)15(13)25-3/h4-10H,1-3H3,(H,21,23). The summed E-state index contributed by atoms with van der Waals surface area (Å²) in [7, 11) is 3.00. The van der Waals surface area contributed by atoms with Gasteiger partial charge >= 0.3 is 0 Å². The molecule has 2 heterocycles. The zero-order chi connectivity index (χ0) is 17.8. The van der Waals surface area contributed by atoms with Crippen molar-refractivity contribution in [3.05, 3.63) is 54.4 Å². The van der Waals surface area contributed by atoms with E-state index in [0.717, 1.165) is 5.82 Å².